The lowest BCUT2D eigenvalue weighted by atomic mass is 9.68. The summed E-state index contributed by atoms with van der Waals surface area (Å²) in [6, 6.07) is 25.4. The van der Waals surface area contributed by atoms with Gasteiger partial charge in [-0.05, 0) is 78.9 Å². The SMILES string of the molecule is CCCCCCn1cc(C2=C(/C=C/C3=C(C#N)C(=C(C#N)C#N)OC3(C)C)CC(C(C)(C)C)C/C2=C\C=C2\N(Cc3ccccc3)c3ccccc3C2(C)C)nn1. The van der Waals surface area contributed by atoms with E-state index in [0.717, 1.165) is 55.6 Å². The quantitative estimate of drug-likeness (QED) is 0.141. The summed E-state index contributed by atoms with van der Waals surface area (Å²) in [6.45, 7) is 19.0. The van der Waals surface area contributed by atoms with Crippen molar-refractivity contribution in [3.63, 3.8) is 0 Å². The van der Waals surface area contributed by atoms with Gasteiger partial charge < -0.3 is 9.64 Å². The van der Waals surface area contributed by atoms with Crippen LogP contribution in [-0.2, 0) is 23.2 Å². The molecule has 57 heavy (non-hydrogen) atoms. The second-order valence-corrected chi connectivity index (χ2v) is 17.5. The predicted molar refractivity (Wildman–Crippen MR) is 227 cm³/mol. The van der Waals surface area contributed by atoms with Crippen molar-refractivity contribution in [2.75, 3.05) is 4.90 Å². The van der Waals surface area contributed by atoms with Gasteiger partial charge in [-0.15, -0.1) is 5.10 Å². The molecule has 292 valence electrons. The van der Waals surface area contributed by atoms with Crippen molar-refractivity contribution in [3.05, 3.63) is 141 Å². The molecule has 0 amide bonds. The number of para-hydroxylation sites is 1. The molecule has 0 radical (unpaired) electrons. The van der Waals surface area contributed by atoms with Crippen LogP contribution in [0.4, 0.5) is 5.69 Å². The lowest BCUT2D eigenvalue weighted by Crippen LogP contribution is -2.26. The Balaban J connectivity index is 1.54. The Morgan fingerprint density at radius 3 is 2.32 bits per heavy atom. The second-order valence-electron chi connectivity index (χ2n) is 17.5. The number of nitrogens with zero attached hydrogens (tertiary/aromatic N) is 7. The Kier molecular flexibility index (Phi) is 11.9. The maximum absolute atomic E-state index is 10.3. The highest BCUT2D eigenvalue weighted by molar-refractivity contribution is 5.83. The summed E-state index contributed by atoms with van der Waals surface area (Å²) in [5.41, 5.74) is 8.62. The monoisotopic (exact) mass is 757 g/mol. The van der Waals surface area contributed by atoms with Crippen molar-refractivity contribution < 1.29 is 4.74 Å². The summed E-state index contributed by atoms with van der Waals surface area (Å²) in [5.74, 6) is 0.344. The first-order valence-electron chi connectivity index (χ1n) is 20.3. The van der Waals surface area contributed by atoms with Gasteiger partial charge in [0.05, 0.1) is 6.20 Å². The molecule has 2 aromatic carbocycles. The van der Waals surface area contributed by atoms with E-state index in [0.29, 0.717) is 11.5 Å². The third-order valence-electron chi connectivity index (χ3n) is 11.8. The van der Waals surface area contributed by atoms with Crippen LogP contribution in [0.5, 0.6) is 0 Å². The number of anilines is 1. The maximum Gasteiger partial charge on any atom is 0.172 e. The summed E-state index contributed by atoms with van der Waals surface area (Å²) in [7, 11) is 0. The van der Waals surface area contributed by atoms with E-state index in [-0.39, 0.29) is 27.7 Å². The third-order valence-corrected chi connectivity index (χ3v) is 11.8. The number of fused-ring (bicyclic) bond motifs is 1. The van der Waals surface area contributed by atoms with Gasteiger partial charge in [0.1, 0.15) is 35.1 Å². The molecule has 8 heteroatoms. The molecule has 3 aromatic rings. The average Bonchev–Trinajstić information content (AvgIpc) is 3.81. The van der Waals surface area contributed by atoms with Gasteiger partial charge in [-0.3, -0.25) is 4.68 Å². The van der Waals surface area contributed by atoms with E-state index in [1.807, 2.05) is 36.7 Å². The minimum Gasteiger partial charge on any atom is -0.480 e. The number of benzene rings is 2. The van der Waals surface area contributed by atoms with Gasteiger partial charge in [0.25, 0.3) is 0 Å². The summed E-state index contributed by atoms with van der Waals surface area (Å²) >= 11 is 0. The molecule has 1 aliphatic carbocycles. The number of aryl methyl sites for hydroxylation is 1. The Morgan fingerprint density at radius 2 is 1.63 bits per heavy atom. The zero-order chi connectivity index (χ0) is 41.0. The van der Waals surface area contributed by atoms with Crippen LogP contribution in [0.25, 0.3) is 5.57 Å². The standard InChI is InChI=1S/C49H55N7O/c1-9-10-11-17-26-55-33-42(53-54-55)45-35(22-24-40-39(31-52)46(37(29-50)30-51)57-49(40,7)8)27-38(47(2,3)4)28-36(45)23-25-44-48(5,6)41-20-15-16-21-43(41)56(44)32-34-18-13-12-14-19-34/h12-16,18-25,33,38H,9-11,17,26-28,32H2,1-8H3/b24-22+,36-23+,44-25+. The van der Waals surface area contributed by atoms with Gasteiger partial charge >= 0.3 is 0 Å². The summed E-state index contributed by atoms with van der Waals surface area (Å²) in [5, 5.41) is 39.1. The highest BCUT2D eigenvalue weighted by atomic mass is 16.5. The van der Waals surface area contributed by atoms with E-state index in [9.17, 15) is 15.8 Å². The highest BCUT2D eigenvalue weighted by Gasteiger charge is 2.41. The Morgan fingerprint density at radius 1 is 0.912 bits per heavy atom. The Labute approximate surface area is 339 Å². The maximum atomic E-state index is 10.3. The number of ether oxygens (including phenoxy) is 1. The van der Waals surface area contributed by atoms with Crippen molar-refractivity contribution in [1.82, 2.24) is 15.0 Å². The number of hydrogen-bond acceptors (Lipinski definition) is 7. The molecular weight excluding hydrogens is 703 g/mol. The molecule has 0 spiro atoms. The van der Waals surface area contributed by atoms with Gasteiger partial charge in [-0.1, -0.05) is 133 Å². The first kappa shape index (κ1) is 40.7. The number of hydrogen-bond donors (Lipinski definition) is 0. The lowest BCUT2D eigenvalue weighted by Gasteiger charge is -2.37. The molecule has 0 saturated carbocycles. The second kappa shape index (κ2) is 16.7. The van der Waals surface area contributed by atoms with E-state index < -0.39 is 5.60 Å². The fourth-order valence-electron chi connectivity index (χ4n) is 8.40. The third kappa shape index (κ3) is 8.45. The van der Waals surface area contributed by atoms with Crippen LogP contribution in [0.2, 0.25) is 0 Å². The fourth-order valence-corrected chi connectivity index (χ4v) is 8.40. The zero-order valence-corrected chi connectivity index (χ0v) is 34.9. The Hall–Kier alpha value is -5.91. The minimum atomic E-state index is -0.926. The molecular formula is C49H55N7O. The van der Waals surface area contributed by atoms with Crippen LogP contribution in [-0.4, -0.2) is 20.6 Å². The van der Waals surface area contributed by atoms with Gasteiger partial charge in [-0.2, -0.15) is 15.8 Å². The number of allylic oxidation sites excluding steroid dienone is 9. The van der Waals surface area contributed by atoms with Crippen LogP contribution in [0.1, 0.15) is 111 Å². The molecule has 0 N–H and O–H groups in total. The molecule has 2 aliphatic heterocycles. The Bertz CT molecular complexity index is 2300. The van der Waals surface area contributed by atoms with Gasteiger partial charge in [0.15, 0.2) is 11.3 Å². The smallest absolute Gasteiger partial charge is 0.172 e. The molecule has 0 bridgehead atoms. The van der Waals surface area contributed by atoms with Crippen LogP contribution in [0.15, 0.2) is 124 Å². The van der Waals surface area contributed by atoms with Crippen LogP contribution in [0, 0.1) is 45.3 Å². The normalized spacial score (nSPS) is 20.2. The summed E-state index contributed by atoms with van der Waals surface area (Å²) in [6.07, 6.45) is 17.0. The van der Waals surface area contributed by atoms with E-state index >= 15 is 0 Å². The summed E-state index contributed by atoms with van der Waals surface area (Å²) < 4.78 is 8.10. The van der Waals surface area contributed by atoms with E-state index in [4.69, 9.17) is 9.84 Å². The van der Waals surface area contributed by atoms with Crippen LogP contribution >= 0.6 is 0 Å². The summed E-state index contributed by atoms with van der Waals surface area (Å²) in [4.78, 5) is 2.46. The molecule has 8 nitrogen and oxygen atoms in total. The largest absolute Gasteiger partial charge is 0.480 e. The van der Waals surface area contributed by atoms with Crippen molar-refractivity contribution in [1.29, 1.82) is 15.8 Å². The van der Waals surface area contributed by atoms with Gasteiger partial charge in [-0.25, -0.2) is 0 Å². The zero-order valence-electron chi connectivity index (χ0n) is 34.9. The molecule has 3 aliphatic rings. The van der Waals surface area contributed by atoms with Gasteiger partial charge in [0.2, 0.25) is 0 Å². The molecule has 0 saturated heterocycles. The number of nitriles is 3. The highest BCUT2D eigenvalue weighted by Crippen LogP contribution is 2.50. The topological polar surface area (TPSA) is 115 Å². The molecule has 0 fully saturated rings. The average molecular weight is 758 g/mol. The number of aromatic nitrogens is 3. The molecule has 1 unspecified atom stereocenters. The first-order chi connectivity index (χ1) is 27.2. The van der Waals surface area contributed by atoms with Crippen molar-refractivity contribution in [2.24, 2.45) is 11.3 Å². The van der Waals surface area contributed by atoms with Crippen molar-refractivity contribution in [3.8, 4) is 18.2 Å². The fraction of sp³-hybridized carbons (Fsp3) is 0.408. The minimum absolute atomic E-state index is 0.00677. The lowest BCUT2D eigenvalue weighted by molar-refractivity contribution is 0.0954. The van der Waals surface area contributed by atoms with E-state index in [1.54, 1.807) is 0 Å². The van der Waals surface area contributed by atoms with Crippen LogP contribution < -0.4 is 4.90 Å². The number of unbranched alkanes of at least 4 members (excludes halogenated alkanes) is 3. The predicted octanol–water partition coefficient (Wildman–Crippen LogP) is 11.4. The van der Waals surface area contributed by atoms with Crippen LogP contribution in [0.3, 0.4) is 0 Å². The molecule has 1 aromatic heterocycles. The number of rotatable bonds is 11. The van der Waals surface area contributed by atoms with E-state index in [2.05, 4.69) is 137 Å². The molecule has 6 rings (SSSR count). The van der Waals surface area contributed by atoms with Gasteiger partial charge in [0, 0.05) is 41.0 Å². The van der Waals surface area contributed by atoms with Crippen molar-refractivity contribution >= 4 is 11.3 Å². The first-order valence-corrected chi connectivity index (χ1v) is 20.3. The molecule has 1 atom stereocenters. The van der Waals surface area contributed by atoms with Crippen molar-refractivity contribution in [2.45, 2.75) is 118 Å². The van der Waals surface area contributed by atoms with E-state index in [1.165, 1.54) is 40.9 Å². The molecule has 3 heterocycles.